The van der Waals surface area contributed by atoms with Crippen LogP contribution in [0.4, 0.5) is 0 Å². The van der Waals surface area contributed by atoms with Gasteiger partial charge in [0.15, 0.2) is 5.78 Å². The minimum Gasteiger partial charge on any atom is -0.490 e. The van der Waals surface area contributed by atoms with Gasteiger partial charge in [0.25, 0.3) is 0 Å². The van der Waals surface area contributed by atoms with Crippen molar-refractivity contribution in [1.82, 2.24) is 0 Å². The van der Waals surface area contributed by atoms with Crippen molar-refractivity contribution in [2.45, 2.75) is 50.7 Å². The molecule has 1 fully saturated rings. The molecule has 1 aromatic rings. The van der Waals surface area contributed by atoms with Crippen molar-refractivity contribution in [2.24, 2.45) is 0 Å². The number of ether oxygens (including phenoxy) is 2. The molecule has 0 amide bonds. The van der Waals surface area contributed by atoms with Gasteiger partial charge in [-0.3, -0.25) is 4.79 Å². The molecule has 1 atom stereocenters. The van der Waals surface area contributed by atoms with Crippen LogP contribution in [0.3, 0.4) is 0 Å². The smallest absolute Gasteiger partial charge is 0.165 e. The average Bonchev–Trinajstić information content (AvgIpc) is 2.72. The first kappa shape index (κ1) is 12.7. The van der Waals surface area contributed by atoms with E-state index in [9.17, 15) is 4.79 Å². The maximum absolute atomic E-state index is 12.4. The Labute approximate surface area is 113 Å². The van der Waals surface area contributed by atoms with Gasteiger partial charge in [-0.1, -0.05) is 0 Å². The lowest BCUT2D eigenvalue weighted by atomic mass is 9.75. The maximum atomic E-state index is 12.4. The molecule has 1 unspecified atom stereocenters. The highest BCUT2D eigenvalue weighted by Crippen LogP contribution is 2.39. The number of fused-ring (bicyclic) bond motifs is 1. The summed E-state index contributed by atoms with van der Waals surface area (Å²) in [5.41, 5.74) is 1.75. The molecule has 1 aliphatic carbocycles. The first-order valence-electron chi connectivity index (χ1n) is 7.00. The molecule has 2 aliphatic rings. The fourth-order valence-corrected chi connectivity index (χ4v) is 3.01. The first-order chi connectivity index (χ1) is 9.12. The van der Waals surface area contributed by atoms with Gasteiger partial charge in [-0.25, -0.2) is 0 Å². The summed E-state index contributed by atoms with van der Waals surface area (Å²) in [6, 6.07) is 5.79. The Bertz CT molecular complexity index is 497. The number of carbonyl (C=O) groups is 1. The molecule has 1 aliphatic heterocycles. The third-order valence-electron chi connectivity index (χ3n) is 4.40. The standard InChI is InChI=1S/C16H20O3/c1-11-8-13-9-12(4-5-15(13)19-11)14(17)10-16(18-2)6-3-7-16/h4-5,9,11H,3,6-8,10H2,1-2H3. The number of benzene rings is 1. The second kappa shape index (κ2) is 4.64. The van der Waals surface area contributed by atoms with E-state index in [1.54, 1.807) is 7.11 Å². The zero-order valence-electron chi connectivity index (χ0n) is 11.6. The van der Waals surface area contributed by atoms with Gasteiger partial charge in [-0.15, -0.1) is 0 Å². The molecule has 0 N–H and O–H groups in total. The second-order valence-electron chi connectivity index (χ2n) is 5.80. The number of Topliss-reactive ketones (excluding diaryl/α,β-unsaturated/α-hetero) is 1. The summed E-state index contributed by atoms with van der Waals surface area (Å²) in [4.78, 5) is 12.4. The van der Waals surface area contributed by atoms with Gasteiger partial charge in [0.2, 0.25) is 0 Å². The second-order valence-corrected chi connectivity index (χ2v) is 5.80. The Morgan fingerprint density at radius 2 is 2.26 bits per heavy atom. The van der Waals surface area contributed by atoms with Gasteiger partial charge in [0.1, 0.15) is 11.9 Å². The van der Waals surface area contributed by atoms with Gasteiger partial charge in [0, 0.05) is 25.5 Å². The van der Waals surface area contributed by atoms with Crippen LogP contribution in [-0.4, -0.2) is 24.6 Å². The molecule has 0 radical (unpaired) electrons. The molecule has 3 rings (SSSR count). The van der Waals surface area contributed by atoms with E-state index in [-0.39, 0.29) is 17.5 Å². The number of rotatable bonds is 4. The predicted octanol–water partition coefficient (Wildman–Crippen LogP) is 3.15. The summed E-state index contributed by atoms with van der Waals surface area (Å²) >= 11 is 0. The van der Waals surface area contributed by atoms with Crippen molar-refractivity contribution >= 4 is 5.78 Å². The molecule has 3 nitrogen and oxygen atoms in total. The summed E-state index contributed by atoms with van der Waals surface area (Å²) in [6.07, 6.45) is 4.78. The largest absolute Gasteiger partial charge is 0.490 e. The fraction of sp³-hybridized carbons (Fsp3) is 0.562. The monoisotopic (exact) mass is 260 g/mol. The van der Waals surface area contributed by atoms with Gasteiger partial charge >= 0.3 is 0 Å². The van der Waals surface area contributed by atoms with Crippen molar-refractivity contribution in [3.05, 3.63) is 29.3 Å². The minimum absolute atomic E-state index is 0.184. The van der Waals surface area contributed by atoms with E-state index in [0.717, 1.165) is 42.6 Å². The van der Waals surface area contributed by atoms with Crippen LogP contribution in [0.5, 0.6) is 5.75 Å². The summed E-state index contributed by atoms with van der Waals surface area (Å²) in [5.74, 6) is 1.11. The van der Waals surface area contributed by atoms with Crippen molar-refractivity contribution in [3.8, 4) is 5.75 Å². The Hall–Kier alpha value is -1.35. The Kier molecular flexibility index (Phi) is 3.09. The fourth-order valence-electron chi connectivity index (χ4n) is 3.01. The van der Waals surface area contributed by atoms with Gasteiger partial charge in [-0.2, -0.15) is 0 Å². The number of carbonyl (C=O) groups excluding carboxylic acids is 1. The number of ketones is 1. The van der Waals surface area contributed by atoms with E-state index in [0.29, 0.717) is 6.42 Å². The Balaban J connectivity index is 1.76. The van der Waals surface area contributed by atoms with Crippen LogP contribution in [-0.2, 0) is 11.2 Å². The van der Waals surface area contributed by atoms with Crippen molar-refractivity contribution in [3.63, 3.8) is 0 Å². The number of hydrogen-bond donors (Lipinski definition) is 0. The SMILES string of the molecule is COC1(CC(=O)c2ccc3c(c2)CC(C)O3)CCC1. The molecule has 1 aromatic carbocycles. The van der Waals surface area contributed by atoms with E-state index in [4.69, 9.17) is 9.47 Å². The molecule has 0 spiro atoms. The van der Waals surface area contributed by atoms with Gasteiger partial charge < -0.3 is 9.47 Å². The van der Waals surface area contributed by atoms with E-state index in [2.05, 4.69) is 6.92 Å². The summed E-state index contributed by atoms with van der Waals surface area (Å²) in [7, 11) is 1.71. The van der Waals surface area contributed by atoms with Crippen LogP contribution in [0.15, 0.2) is 18.2 Å². The van der Waals surface area contributed by atoms with E-state index >= 15 is 0 Å². The third kappa shape index (κ3) is 2.27. The van der Waals surface area contributed by atoms with E-state index < -0.39 is 0 Å². The lowest BCUT2D eigenvalue weighted by molar-refractivity contribution is -0.0704. The van der Waals surface area contributed by atoms with Gasteiger partial charge in [-0.05, 0) is 49.9 Å². The molecule has 1 saturated carbocycles. The molecule has 1 heterocycles. The minimum atomic E-state index is -0.195. The molecule has 0 saturated heterocycles. The normalized spacial score (nSPS) is 23.4. The number of methoxy groups -OCH3 is 1. The van der Waals surface area contributed by atoms with Crippen molar-refractivity contribution in [2.75, 3.05) is 7.11 Å². The van der Waals surface area contributed by atoms with Crippen molar-refractivity contribution in [1.29, 1.82) is 0 Å². The molecule has 3 heteroatoms. The summed E-state index contributed by atoms with van der Waals surface area (Å²) < 4.78 is 11.2. The van der Waals surface area contributed by atoms with Crippen LogP contribution in [0.2, 0.25) is 0 Å². The third-order valence-corrected chi connectivity index (χ3v) is 4.40. The average molecular weight is 260 g/mol. The Morgan fingerprint density at radius 1 is 1.47 bits per heavy atom. The zero-order chi connectivity index (χ0) is 13.5. The summed E-state index contributed by atoms with van der Waals surface area (Å²) in [5, 5.41) is 0. The lowest BCUT2D eigenvalue weighted by Crippen LogP contribution is -2.41. The molecule has 0 aromatic heterocycles. The number of hydrogen-bond acceptors (Lipinski definition) is 3. The van der Waals surface area contributed by atoms with E-state index in [1.165, 1.54) is 0 Å². The van der Waals surface area contributed by atoms with Crippen LogP contribution < -0.4 is 4.74 Å². The topological polar surface area (TPSA) is 35.5 Å². The highest BCUT2D eigenvalue weighted by molar-refractivity contribution is 5.97. The quantitative estimate of drug-likeness (QED) is 0.780. The lowest BCUT2D eigenvalue weighted by Gasteiger charge is -2.40. The van der Waals surface area contributed by atoms with E-state index in [1.807, 2.05) is 18.2 Å². The maximum Gasteiger partial charge on any atom is 0.165 e. The molecule has 19 heavy (non-hydrogen) atoms. The molecule has 102 valence electrons. The zero-order valence-corrected chi connectivity index (χ0v) is 11.6. The predicted molar refractivity (Wildman–Crippen MR) is 72.8 cm³/mol. The van der Waals surface area contributed by atoms with Crippen LogP contribution in [0.1, 0.15) is 48.5 Å². The van der Waals surface area contributed by atoms with Gasteiger partial charge in [0.05, 0.1) is 5.60 Å². The van der Waals surface area contributed by atoms with Crippen LogP contribution >= 0.6 is 0 Å². The molecular formula is C16H20O3. The highest BCUT2D eigenvalue weighted by atomic mass is 16.5. The highest BCUT2D eigenvalue weighted by Gasteiger charge is 2.39. The summed E-state index contributed by atoms with van der Waals surface area (Å²) in [6.45, 7) is 2.05. The van der Waals surface area contributed by atoms with Crippen LogP contribution in [0, 0.1) is 0 Å². The molecular weight excluding hydrogens is 240 g/mol. The van der Waals surface area contributed by atoms with Crippen molar-refractivity contribution < 1.29 is 14.3 Å². The Morgan fingerprint density at radius 3 is 2.89 bits per heavy atom. The molecule has 0 bridgehead atoms. The first-order valence-corrected chi connectivity index (χ1v) is 7.00. The van der Waals surface area contributed by atoms with Crippen LogP contribution in [0.25, 0.3) is 0 Å².